The van der Waals surface area contributed by atoms with Crippen molar-refractivity contribution in [3.63, 3.8) is 0 Å². The summed E-state index contributed by atoms with van der Waals surface area (Å²) >= 11 is 0. The molecule has 2 rings (SSSR count). The summed E-state index contributed by atoms with van der Waals surface area (Å²) in [6.45, 7) is 4.39. The van der Waals surface area contributed by atoms with E-state index in [0.29, 0.717) is 6.79 Å². The van der Waals surface area contributed by atoms with E-state index in [1.165, 1.54) is 11.1 Å². The Morgan fingerprint density at radius 1 is 0.714 bits per heavy atom. The Morgan fingerprint density at radius 3 is 1.62 bits per heavy atom. The van der Waals surface area contributed by atoms with Gasteiger partial charge in [0.15, 0.2) is 0 Å². The third-order valence-corrected chi connectivity index (χ3v) is 3.32. The predicted molar refractivity (Wildman–Crippen MR) is 86.3 cm³/mol. The first-order valence-electron chi connectivity index (χ1n) is 7.55. The van der Waals surface area contributed by atoms with Crippen LogP contribution in [-0.2, 0) is 22.3 Å². The highest BCUT2D eigenvalue weighted by Crippen LogP contribution is 2.12. The van der Waals surface area contributed by atoms with Gasteiger partial charge in [-0.25, -0.2) is 0 Å². The predicted octanol–water partition coefficient (Wildman–Crippen LogP) is 4.24. The van der Waals surface area contributed by atoms with E-state index in [-0.39, 0.29) is 12.2 Å². The first-order valence-corrected chi connectivity index (χ1v) is 7.55. The second kappa shape index (κ2) is 8.60. The van der Waals surface area contributed by atoms with Crippen LogP contribution in [0.5, 0.6) is 0 Å². The zero-order valence-electron chi connectivity index (χ0n) is 12.9. The normalized spacial score (nSPS) is 11.2. The van der Waals surface area contributed by atoms with Crippen LogP contribution < -0.4 is 0 Å². The van der Waals surface area contributed by atoms with Gasteiger partial charge in [-0.1, -0.05) is 60.7 Å². The van der Waals surface area contributed by atoms with Crippen LogP contribution in [0.15, 0.2) is 60.7 Å². The van der Waals surface area contributed by atoms with Crippen LogP contribution in [0.3, 0.4) is 0 Å². The molecule has 0 spiro atoms. The summed E-state index contributed by atoms with van der Waals surface area (Å²) in [5.41, 5.74) is 2.59. The van der Waals surface area contributed by atoms with Crippen LogP contribution in [-0.4, -0.2) is 19.0 Å². The van der Waals surface area contributed by atoms with E-state index in [1.54, 1.807) is 0 Å². The van der Waals surface area contributed by atoms with Gasteiger partial charge < -0.3 is 9.47 Å². The van der Waals surface area contributed by atoms with Crippen molar-refractivity contribution in [3.05, 3.63) is 71.8 Å². The maximum absolute atomic E-state index is 5.94. The van der Waals surface area contributed by atoms with Gasteiger partial charge in [0.25, 0.3) is 0 Å². The molecule has 0 aliphatic rings. The molecule has 0 heterocycles. The Balaban J connectivity index is 1.96. The molecule has 112 valence electrons. The van der Waals surface area contributed by atoms with Gasteiger partial charge in [0, 0.05) is 0 Å². The van der Waals surface area contributed by atoms with Crippen molar-refractivity contribution in [2.24, 2.45) is 0 Å². The van der Waals surface area contributed by atoms with Crippen molar-refractivity contribution in [2.75, 3.05) is 6.79 Å². The molecule has 0 aliphatic carbocycles. The summed E-state index contributed by atoms with van der Waals surface area (Å²) in [6, 6.07) is 20.9. The van der Waals surface area contributed by atoms with Crippen molar-refractivity contribution in [3.8, 4) is 0 Å². The van der Waals surface area contributed by atoms with Crippen LogP contribution in [0.4, 0.5) is 0 Å². The lowest BCUT2D eigenvalue weighted by Crippen LogP contribution is -2.22. The molecule has 0 unspecified atom stereocenters. The minimum Gasteiger partial charge on any atom is -0.353 e. The van der Waals surface area contributed by atoms with Crippen LogP contribution >= 0.6 is 0 Å². The smallest absolute Gasteiger partial charge is 0.147 e. The zero-order valence-corrected chi connectivity index (χ0v) is 12.9. The Labute approximate surface area is 127 Å². The summed E-state index contributed by atoms with van der Waals surface area (Å²) in [4.78, 5) is 0. The Morgan fingerprint density at radius 2 is 1.19 bits per heavy atom. The molecule has 0 N–H and O–H groups in total. The summed E-state index contributed by atoms with van der Waals surface area (Å²) in [5, 5.41) is 0. The number of hydrogen-bond donors (Lipinski definition) is 0. The van der Waals surface area contributed by atoms with Crippen molar-refractivity contribution < 1.29 is 9.47 Å². The molecule has 0 atom stereocenters. The largest absolute Gasteiger partial charge is 0.353 e. The quantitative estimate of drug-likeness (QED) is 0.675. The number of hydrogen-bond acceptors (Lipinski definition) is 2. The Kier molecular flexibility index (Phi) is 6.45. The Bertz CT molecular complexity index is 452. The Hall–Kier alpha value is -1.64. The van der Waals surface area contributed by atoms with Gasteiger partial charge >= 0.3 is 0 Å². The van der Waals surface area contributed by atoms with Crippen molar-refractivity contribution in [1.82, 2.24) is 0 Å². The lowest BCUT2D eigenvalue weighted by Gasteiger charge is -2.19. The molecule has 2 nitrogen and oxygen atoms in total. The SMILES string of the molecule is CC(C)OCOC(Cc1ccccc1)Cc1ccccc1. The van der Waals surface area contributed by atoms with Crippen LogP contribution in [0, 0.1) is 0 Å². The van der Waals surface area contributed by atoms with E-state index >= 15 is 0 Å². The van der Waals surface area contributed by atoms with E-state index in [2.05, 4.69) is 48.5 Å². The monoisotopic (exact) mass is 284 g/mol. The standard InChI is InChI=1S/C19H24O2/c1-16(2)20-15-21-19(13-17-9-5-3-6-10-17)14-18-11-7-4-8-12-18/h3-12,16,19H,13-15H2,1-2H3. The van der Waals surface area contributed by atoms with Crippen molar-refractivity contribution in [1.29, 1.82) is 0 Å². The van der Waals surface area contributed by atoms with Crippen molar-refractivity contribution >= 4 is 0 Å². The van der Waals surface area contributed by atoms with Gasteiger partial charge in [-0.3, -0.25) is 0 Å². The number of benzene rings is 2. The molecule has 0 aromatic heterocycles. The van der Waals surface area contributed by atoms with E-state index < -0.39 is 0 Å². The minimum absolute atomic E-state index is 0.133. The second-order valence-corrected chi connectivity index (χ2v) is 5.50. The van der Waals surface area contributed by atoms with Gasteiger partial charge in [-0.2, -0.15) is 0 Å². The molecule has 0 fully saturated rings. The first kappa shape index (κ1) is 15.7. The molecule has 0 saturated heterocycles. The molecule has 0 amide bonds. The second-order valence-electron chi connectivity index (χ2n) is 5.50. The molecular weight excluding hydrogens is 260 g/mol. The molecule has 0 aliphatic heterocycles. The average Bonchev–Trinajstić information content (AvgIpc) is 2.49. The summed E-state index contributed by atoms with van der Waals surface area (Å²) in [6.07, 6.45) is 2.13. The maximum Gasteiger partial charge on any atom is 0.147 e. The van der Waals surface area contributed by atoms with E-state index in [1.807, 2.05) is 26.0 Å². The zero-order chi connectivity index (χ0) is 14.9. The molecule has 2 heteroatoms. The summed E-state index contributed by atoms with van der Waals surface area (Å²) in [5.74, 6) is 0. The van der Waals surface area contributed by atoms with Gasteiger partial charge in [0.05, 0.1) is 12.2 Å². The van der Waals surface area contributed by atoms with Gasteiger partial charge in [-0.05, 0) is 37.8 Å². The lowest BCUT2D eigenvalue weighted by molar-refractivity contribution is -0.108. The van der Waals surface area contributed by atoms with Gasteiger partial charge in [-0.15, -0.1) is 0 Å². The fourth-order valence-corrected chi connectivity index (χ4v) is 2.22. The minimum atomic E-state index is 0.133. The first-order chi connectivity index (χ1) is 10.2. The number of rotatable bonds is 8. The van der Waals surface area contributed by atoms with E-state index in [4.69, 9.17) is 9.47 Å². The molecule has 2 aromatic rings. The van der Waals surface area contributed by atoms with Gasteiger partial charge in [0.1, 0.15) is 6.79 Å². The third-order valence-electron chi connectivity index (χ3n) is 3.32. The topological polar surface area (TPSA) is 18.5 Å². The highest BCUT2D eigenvalue weighted by atomic mass is 16.7. The fraction of sp³-hybridized carbons (Fsp3) is 0.368. The molecule has 0 bridgehead atoms. The molecule has 0 saturated carbocycles. The van der Waals surface area contributed by atoms with E-state index in [9.17, 15) is 0 Å². The molecule has 2 aromatic carbocycles. The molecule has 0 radical (unpaired) electrons. The highest BCUT2D eigenvalue weighted by Gasteiger charge is 2.12. The lowest BCUT2D eigenvalue weighted by atomic mass is 10.0. The molecular formula is C19H24O2. The maximum atomic E-state index is 5.94. The van der Waals surface area contributed by atoms with E-state index in [0.717, 1.165) is 12.8 Å². The third kappa shape index (κ3) is 6.11. The van der Waals surface area contributed by atoms with Crippen LogP contribution in [0.25, 0.3) is 0 Å². The molecule has 21 heavy (non-hydrogen) atoms. The van der Waals surface area contributed by atoms with Crippen molar-refractivity contribution in [2.45, 2.75) is 38.9 Å². The average molecular weight is 284 g/mol. The van der Waals surface area contributed by atoms with Crippen LogP contribution in [0.1, 0.15) is 25.0 Å². The fourth-order valence-electron chi connectivity index (χ4n) is 2.22. The highest BCUT2D eigenvalue weighted by molar-refractivity contribution is 5.19. The summed E-state index contributed by atoms with van der Waals surface area (Å²) < 4.78 is 11.5. The van der Waals surface area contributed by atoms with Crippen LogP contribution in [0.2, 0.25) is 0 Å². The summed E-state index contributed by atoms with van der Waals surface area (Å²) in [7, 11) is 0. The van der Waals surface area contributed by atoms with Gasteiger partial charge in [0.2, 0.25) is 0 Å². The number of ether oxygens (including phenoxy) is 2.